The zero-order valence-electron chi connectivity index (χ0n) is 21.9. The van der Waals surface area contributed by atoms with Crippen molar-refractivity contribution in [3.05, 3.63) is 82.9 Å². The van der Waals surface area contributed by atoms with Gasteiger partial charge in [0, 0.05) is 6.54 Å². The van der Waals surface area contributed by atoms with Crippen molar-refractivity contribution in [3.8, 4) is 0 Å². The first-order valence-electron chi connectivity index (χ1n) is 14.0. The zero-order chi connectivity index (χ0) is 23.8. The van der Waals surface area contributed by atoms with Crippen LogP contribution in [0.2, 0.25) is 0 Å². The molecule has 0 bridgehead atoms. The van der Waals surface area contributed by atoms with Crippen LogP contribution in [0.5, 0.6) is 0 Å². The predicted molar refractivity (Wildman–Crippen MR) is 145 cm³/mol. The van der Waals surface area contributed by atoms with Crippen molar-refractivity contribution in [2.45, 2.75) is 85.1 Å². The summed E-state index contributed by atoms with van der Waals surface area (Å²) in [4.78, 5) is 0. The van der Waals surface area contributed by atoms with Crippen LogP contribution in [0.4, 0.5) is 0 Å². The van der Waals surface area contributed by atoms with Crippen LogP contribution in [0.25, 0.3) is 0 Å². The minimum Gasteiger partial charge on any atom is -0.306 e. The average molecular weight is 456 g/mol. The summed E-state index contributed by atoms with van der Waals surface area (Å²) < 4.78 is 0. The van der Waals surface area contributed by atoms with Crippen LogP contribution in [0.15, 0.2) is 71.8 Å². The van der Waals surface area contributed by atoms with Crippen molar-refractivity contribution in [1.82, 2.24) is 5.32 Å². The van der Waals surface area contributed by atoms with Crippen LogP contribution < -0.4 is 5.32 Å². The number of nitrogens with one attached hydrogen (secondary N) is 1. The number of hydrogen-bond acceptors (Lipinski definition) is 1. The van der Waals surface area contributed by atoms with Crippen LogP contribution >= 0.6 is 0 Å². The molecule has 0 amide bonds. The van der Waals surface area contributed by atoms with Gasteiger partial charge in [-0.1, -0.05) is 106 Å². The monoisotopic (exact) mass is 455 g/mol. The highest BCUT2D eigenvalue weighted by Gasteiger charge is 2.52. The Morgan fingerprint density at radius 2 is 1.50 bits per heavy atom. The molecule has 0 aromatic heterocycles. The fraction of sp³-hybridized carbons (Fsp3) is 0.576. The third-order valence-corrected chi connectivity index (χ3v) is 10.1. The SMILES string of the molecule is CC(C)C1CCC2=C(CC[C@@H]3C2(C)CCC[C@@]3(C)CNC(c2ccccc2)c2ccccc2)C1. The molecule has 1 nitrogen and oxygen atoms in total. The van der Waals surface area contributed by atoms with Crippen molar-refractivity contribution in [2.75, 3.05) is 6.54 Å². The smallest absolute Gasteiger partial charge is 0.0576 e. The Bertz CT molecular complexity index is 950. The van der Waals surface area contributed by atoms with E-state index in [1.807, 2.05) is 11.1 Å². The third kappa shape index (κ3) is 4.41. The molecule has 2 unspecified atom stereocenters. The standard InChI is InChI=1S/C33H45N/c1-24(2)27-16-18-29-28(22-27)17-19-30-32(3,20-11-21-33(29,30)4)23-34-31(25-12-7-5-8-13-25)26-14-9-6-10-15-26/h5-10,12-15,24,27,30-31,34H,11,16-23H2,1-4H3/t27?,30-,32-,33?/m0/s1. The highest BCUT2D eigenvalue weighted by atomic mass is 14.9. The second kappa shape index (κ2) is 9.65. The molecule has 3 aliphatic rings. The molecule has 0 saturated heterocycles. The average Bonchev–Trinajstić information content (AvgIpc) is 2.85. The van der Waals surface area contributed by atoms with Gasteiger partial charge >= 0.3 is 0 Å². The Balaban J connectivity index is 1.39. The summed E-state index contributed by atoms with van der Waals surface area (Å²) >= 11 is 0. The lowest BCUT2D eigenvalue weighted by Crippen LogP contribution is -2.51. The normalized spacial score (nSPS) is 31.5. The summed E-state index contributed by atoms with van der Waals surface area (Å²) in [6.45, 7) is 11.2. The van der Waals surface area contributed by atoms with E-state index in [1.54, 1.807) is 0 Å². The van der Waals surface area contributed by atoms with Gasteiger partial charge < -0.3 is 5.32 Å². The van der Waals surface area contributed by atoms with Crippen molar-refractivity contribution < 1.29 is 0 Å². The fourth-order valence-corrected chi connectivity index (χ4v) is 8.15. The van der Waals surface area contributed by atoms with Crippen LogP contribution in [0.3, 0.4) is 0 Å². The van der Waals surface area contributed by atoms with Crippen LogP contribution in [-0.4, -0.2) is 6.54 Å². The lowest BCUT2D eigenvalue weighted by Gasteiger charge is -2.58. The van der Waals surface area contributed by atoms with E-state index in [4.69, 9.17) is 0 Å². The maximum atomic E-state index is 4.09. The molecule has 2 aromatic rings. The summed E-state index contributed by atoms with van der Waals surface area (Å²) in [5.74, 6) is 2.53. The zero-order valence-corrected chi connectivity index (χ0v) is 21.9. The first-order valence-corrected chi connectivity index (χ1v) is 14.0. The van der Waals surface area contributed by atoms with Gasteiger partial charge in [-0.15, -0.1) is 0 Å². The highest BCUT2D eigenvalue weighted by Crippen LogP contribution is 2.62. The van der Waals surface area contributed by atoms with Crippen molar-refractivity contribution >= 4 is 0 Å². The van der Waals surface area contributed by atoms with Gasteiger partial charge in [-0.05, 0) is 84.7 Å². The van der Waals surface area contributed by atoms with E-state index < -0.39 is 0 Å². The fourth-order valence-electron chi connectivity index (χ4n) is 8.15. The van der Waals surface area contributed by atoms with Gasteiger partial charge in [0.1, 0.15) is 0 Å². The Kier molecular flexibility index (Phi) is 6.77. The van der Waals surface area contributed by atoms with Crippen molar-refractivity contribution in [2.24, 2.45) is 28.6 Å². The molecule has 182 valence electrons. The number of hydrogen-bond donors (Lipinski definition) is 1. The van der Waals surface area contributed by atoms with E-state index in [2.05, 4.69) is 93.7 Å². The van der Waals surface area contributed by atoms with Gasteiger partial charge in [0.2, 0.25) is 0 Å². The van der Waals surface area contributed by atoms with Gasteiger partial charge in [0.25, 0.3) is 0 Å². The molecular weight excluding hydrogens is 410 g/mol. The summed E-state index contributed by atoms with van der Waals surface area (Å²) in [6, 6.07) is 22.3. The van der Waals surface area contributed by atoms with Gasteiger partial charge in [0.05, 0.1) is 6.04 Å². The number of fused-ring (bicyclic) bond motifs is 2. The van der Waals surface area contributed by atoms with E-state index in [0.717, 1.165) is 24.3 Å². The second-order valence-corrected chi connectivity index (χ2v) is 12.5. The summed E-state index contributed by atoms with van der Waals surface area (Å²) in [6.07, 6.45) is 11.0. The van der Waals surface area contributed by atoms with Crippen molar-refractivity contribution in [1.29, 1.82) is 0 Å². The van der Waals surface area contributed by atoms with E-state index >= 15 is 0 Å². The molecule has 4 atom stereocenters. The Hall–Kier alpha value is -1.86. The van der Waals surface area contributed by atoms with Crippen LogP contribution in [-0.2, 0) is 0 Å². The first kappa shape index (κ1) is 23.9. The first-order chi connectivity index (χ1) is 16.4. The summed E-state index contributed by atoms with van der Waals surface area (Å²) in [5, 5.41) is 4.09. The molecule has 3 aliphatic carbocycles. The van der Waals surface area contributed by atoms with E-state index in [-0.39, 0.29) is 6.04 Å². The van der Waals surface area contributed by atoms with Gasteiger partial charge in [-0.25, -0.2) is 0 Å². The topological polar surface area (TPSA) is 12.0 Å². The molecule has 2 aromatic carbocycles. The molecular formula is C33H45N. The Morgan fingerprint density at radius 1 is 0.853 bits per heavy atom. The molecule has 0 spiro atoms. The molecule has 0 aliphatic heterocycles. The predicted octanol–water partition coefficient (Wildman–Crippen LogP) is 8.72. The lowest BCUT2D eigenvalue weighted by atomic mass is 9.48. The number of rotatable bonds is 6. The highest BCUT2D eigenvalue weighted by molar-refractivity contribution is 5.33. The molecule has 0 heterocycles. The Labute approximate surface area is 208 Å². The van der Waals surface area contributed by atoms with Gasteiger partial charge in [-0.2, -0.15) is 0 Å². The number of allylic oxidation sites excluding steroid dienone is 2. The molecule has 1 heteroatoms. The largest absolute Gasteiger partial charge is 0.306 e. The maximum Gasteiger partial charge on any atom is 0.0576 e. The summed E-state index contributed by atoms with van der Waals surface area (Å²) in [7, 11) is 0. The minimum absolute atomic E-state index is 0.257. The molecule has 1 N–H and O–H groups in total. The maximum absolute atomic E-state index is 4.09. The third-order valence-electron chi connectivity index (χ3n) is 10.1. The van der Waals surface area contributed by atoms with Crippen LogP contribution in [0, 0.1) is 28.6 Å². The van der Waals surface area contributed by atoms with Crippen LogP contribution in [0.1, 0.15) is 96.2 Å². The lowest BCUT2D eigenvalue weighted by molar-refractivity contribution is -0.00672. The molecule has 5 rings (SSSR count). The molecule has 1 fully saturated rings. The van der Waals surface area contributed by atoms with Crippen molar-refractivity contribution in [3.63, 3.8) is 0 Å². The van der Waals surface area contributed by atoms with E-state index in [1.165, 1.54) is 62.5 Å². The van der Waals surface area contributed by atoms with E-state index in [0.29, 0.717) is 10.8 Å². The Morgan fingerprint density at radius 3 is 2.12 bits per heavy atom. The quantitative estimate of drug-likeness (QED) is 0.429. The molecule has 0 radical (unpaired) electrons. The molecule has 34 heavy (non-hydrogen) atoms. The van der Waals surface area contributed by atoms with E-state index in [9.17, 15) is 0 Å². The minimum atomic E-state index is 0.257. The summed E-state index contributed by atoms with van der Waals surface area (Å²) in [5.41, 5.74) is 7.27. The van der Waals surface area contributed by atoms with Gasteiger partial charge in [0.15, 0.2) is 0 Å². The number of benzene rings is 2. The second-order valence-electron chi connectivity index (χ2n) is 12.5. The molecule has 1 saturated carbocycles. The van der Waals surface area contributed by atoms with Gasteiger partial charge in [-0.3, -0.25) is 0 Å².